The van der Waals surface area contributed by atoms with E-state index in [1.54, 1.807) is 24.3 Å². The molecule has 0 amide bonds. The third-order valence-corrected chi connectivity index (χ3v) is 8.05. The van der Waals surface area contributed by atoms with E-state index < -0.39 is 23.2 Å². The highest BCUT2D eigenvalue weighted by atomic mass is 16.6. The SMILES string of the molecule is CC(C)[C@@H](C(=O)O)N(C)Cc1ccnc(CC(=O)OC(C)(C)C)c1.CC(C)[C@@H](C(=O)OCc1ccccc1)N(C)Cc1ccnc(CC(=O)OC(C)(C)C)c1. The van der Waals surface area contributed by atoms with E-state index in [9.17, 15) is 24.3 Å². The number of carbonyl (C=O) groups excluding carboxylic acids is 3. The third-order valence-electron chi connectivity index (χ3n) is 8.05. The zero-order valence-corrected chi connectivity index (χ0v) is 34.8. The molecule has 0 unspecified atom stereocenters. The summed E-state index contributed by atoms with van der Waals surface area (Å²) in [4.78, 5) is 60.4. The monoisotopic (exact) mass is 762 g/mol. The van der Waals surface area contributed by atoms with Crippen LogP contribution in [0.2, 0.25) is 0 Å². The van der Waals surface area contributed by atoms with Gasteiger partial charge in [-0.3, -0.25) is 38.9 Å². The number of benzene rings is 1. The lowest BCUT2D eigenvalue weighted by atomic mass is 10.0. The van der Waals surface area contributed by atoms with Crippen molar-refractivity contribution in [2.75, 3.05) is 14.1 Å². The van der Waals surface area contributed by atoms with Crippen molar-refractivity contribution in [3.8, 4) is 0 Å². The van der Waals surface area contributed by atoms with Gasteiger partial charge in [0.25, 0.3) is 0 Å². The molecular formula is C43H62N4O8. The van der Waals surface area contributed by atoms with Gasteiger partial charge in [-0.25, -0.2) is 0 Å². The minimum atomic E-state index is -0.837. The molecule has 0 saturated heterocycles. The highest BCUT2D eigenvalue weighted by Crippen LogP contribution is 2.18. The highest BCUT2D eigenvalue weighted by Gasteiger charge is 2.29. The van der Waals surface area contributed by atoms with Gasteiger partial charge in [0.05, 0.1) is 24.2 Å². The summed E-state index contributed by atoms with van der Waals surface area (Å²) in [6, 6.07) is 16.1. The Kier molecular flexibility index (Phi) is 18.1. The first-order valence-electron chi connectivity index (χ1n) is 18.7. The standard InChI is InChI=1S/C25H34N2O4.C18H28N2O4/c1-18(2)23(24(29)30-17-19-10-8-7-9-11-19)27(6)16-20-12-13-26-21(14-20)15-22(28)31-25(3,4)5;1-12(2)16(17(22)23)20(6)11-13-7-8-19-14(9-13)10-15(21)24-18(3,4)5/h7-14,18,23H,15-17H2,1-6H3;7-9,12,16H,10-11H2,1-6H3,(H,22,23)/t23-;16-/m00/s1. The Morgan fingerprint density at radius 3 is 1.45 bits per heavy atom. The fraction of sp³-hybridized carbons (Fsp3) is 0.535. The predicted molar refractivity (Wildman–Crippen MR) is 212 cm³/mol. The molecule has 0 aliphatic rings. The number of hydrogen-bond acceptors (Lipinski definition) is 11. The fourth-order valence-electron chi connectivity index (χ4n) is 6.03. The Morgan fingerprint density at radius 2 is 1.07 bits per heavy atom. The maximum Gasteiger partial charge on any atom is 0.323 e. The molecule has 302 valence electrons. The van der Waals surface area contributed by atoms with Gasteiger partial charge in [-0.2, -0.15) is 0 Å². The molecule has 12 nitrogen and oxygen atoms in total. The van der Waals surface area contributed by atoms with Crippen molar-refractivity contribution in [2.45, 2.75) is 125 Å². The van der Waals surface area contributed by atoms with Gasteiger partial charge < -0.3 is 19.3 Å². The lowest BCUT2D eigenvalue weighted by Crippen LogP contribution is -2.43. The van der Waals surface area contributed by atoms with Crippen LogP contribution in [0.5, 0.6) is 0 Å². The van der Waals surface area contributed by atoms with Gasteiger partial charge in [-0.1, -0.05) is 58.0 Å². The molecule has 0 spiro atoms. The average Bonchev–Trinajstić information content (AvgIpc) is 3.02. The largest absolute Gasteiger partial charge is 0.480 e. The number of nitrogens with zero attached hydrogens (tertiary/aromatic N) is 4. The van der Waals surface area contributed by atoms with Gasteiger partial charge >= 0.3 is 23.9 Å². The van der Waals surface area contributed by atoms with E-state index in [-0.39, 0.29) is 55.2 Å². The molecule has 1 N–H and O–H groups in total. The Hall–Kier alpha value is -4.68. The van der Waals surface area contributed by atoms with Crippen molar-refractivity contribution < 1.29 is 38.5 Å². The maximum absolute atomic E-state index is 12.8. The van der Waals surface area contributed by atoms with Crippen LogP contribution in [0.4, 0.5) is 0 Å². The molecule has 12 heteroatoms. The Balaban J connectivity index is 0.000000393. The van der Waals surface area contributed by atoms with Crippen LogP contribution >= 0.6 is 0 Å². The van der Waals surface area contributed by atoms with Crippen LogP contribution < -0.4 is 0 Å². The molecule has 2 atom stereocenters. The summed E-state index contributed by atoms with van der Waals surface area (Å²) in [6.45, 7) is 20.0. The molecule has 3 rings (SSSR count). The number of likely N-dealkylation sites (N-methyl/N-ethyl adjacent to an activating group) is 2. The second-order valence-corrected chi connectivity index (χ2v) is 16.5. The van der Waals surface area contributed by atoms with E-state index in [2.05, 4.69) is 9.97 Å². The molecule has 3 aromatic rings. The van der Waals surface area contributed by atoms with E-state index in [1.165, 1.54) is 0 Å². The Labute approximate surface area is 327 Å². The topological polar surface area (TPSA) is 148 Å². The van der Waals surface area contributed by atoms with Crippen molar-refractivity contribution in [3.63, 3.8) is 0 Å². The van der Waals surface area contributed by atoms with Crippen LogP contribution in [0.15, 0.2) is 67.0 Å². The first-order chi connectivity index (χ1) is 25.5. The van der Waals surface area contributed by atoms with Crippen LogP contribution in [-0.2, 0) is 65.9 Å². The molecule has 1 aromatic carbocycles. The number of carboxylic acid groups (broad SMARTS) is 1. The molecule has 0 aliphatic carbocycles. The lowest BCUT2D eigenvalue weighted by molar-refractivity contribution is -0.155. The number of carbonyl (C=O) groups is 4. The number of carboxylic acids is 1. The van der Waals surface area contributed by atoms with Gasteiger partial charge in [-0.05, 0) is 108 Å². The molecule has 55 heavy (non-hydrogen) atoms. The average molecular weight is 763 g/mol. The normalized spacial score (nSPS) is 12.9. The van der Waals surface area contributed by atoms with E-state index in [1.807, 2.05) is 136 Å². The van der Waals surface area contributed by atoms with Gasteiger partial charge in [0.1, 0.15) is 29.9 Å². The van der Waals surface area contributed by atoms with Crippen molar-refractivity contribution in [3.05, 3.63) is 95.1 Å². The minimum absolute atomic E-state index is 0.00410. The van der Waals surface area contributed by atoms with Crippen molar-refractivity contribution in [1.29, 1.82) is 0 Å². The third kappa shape index (κ3) is 18.0. The number of hydrogen-bond donors (Lipinski definition) is 1. The van der Waals surface area contributed by atoms with Gasteiger partial charge in [-0.15, -0.1) is 0 Å². The van der Waals surface area contributed by atoms with Gasteiger partial charge in [0.2, 0.25) is 0 Å². The van der Waals surface area contributed by atoms with Crippen molar-refractivity contribution in [2.24, 2.45) is 11.8 Å². The number of aromatic nitrogens is 2. The number of pyridine rings is 2. The summed E-state index contributed by atoms with van der Waals surface area (Å²) in [5, 5.41) is 9.36. The lowest BCUT2D eigenvalue weighted by Gasteiger charge is -2.29. The van der Waals surface area contributed by atoms with Gasteiger partial charge in [0, 0.05) is 25.5 Å². The number of ether oxygens (including phenoxy) is 3. The van der Waals surface area contributed by atoms with E-state index in [4.69, 9.17) is 14.2 Å². The summed E-state index contributed by atoms with van der Waals surface area (Å²) < 4.78 is 16.3. The zero-order chi connectivity index (χ0) is 41.5. The number of aliphatic carboxylic acids is 1. The van der Waals surface area contributed by atoms with Gasteiger partial charge in [0.15, 0.2) is 0 Å². The molecule has 0 aliphatic heterocycles. The summed E-state index contributed by atoms with van der Waals surface area (Å²) in [6.07, 6.45) is 3.53. The quantitative estimate of drug-likeness (QED) is 0.123. The van der Waals surface area contributed by atoms with Crippen LogP contribution in [-0.4, -0.2) is 86.1 Å². The first-order valence-corrected chi connectivity index (χ1v) is 18.7. The Morgan fingerprint density at radius 1 is 0.655 bits per heavy atom. The molecule has 0 bridgehead atoms. The second kappa shape index (κ2) is 21.4. The Bertz CT molecular complexity index is 1680. The highest BCUT2D eigenvalue weighted by molar-refractivity contribution is 5.76. The van der Waals surface area contributed by atoms with Crippen LogP contribution in [0.3, 0.4) is 0 Å². The van der Waals surface area contributed by atoms with Crippen molar-refractivity contribution >= 4 is 23.9 Å². The first kappa shape index (κ1) is 46.5. The second-order valence-electron chi connectivity index (χ2n) is 16.5. The molecule has 2 aromatic heterocycles. The number of esters is 3. The van der Waals surface area contributed by atoms with Crippen molar-refractivity contribution in [1.82, 2.24) is 19.8 Å². The zero-order valence-electron chi connectivity index (χ0n) is 34.8. The van der Waals surface area contributed by atoms with Crippen LogP contribution in [0.1, 0.15) is 97.3 Å². The smallest absolute Gasteiger partial charge is 0.323 e. The minimum Gasteiger partial charge on any atom is -0.480 e. The maximum atomic E-state index is 12.8. The summed E-state index contributed by atoms with van der Waals surface area (Å²) in [5.41, 5.74) is 3.05. The molecule has 2 heterocycles. The van der Waals surface area contributed by atoms with E-state index in [0.717, 1.165) is 16.7 Å². The predicted octanol–water partition coefficient (Wildman–Crippen LogP) is 6.67. The fourth-order valence-corrected chi connectivity index (χ4v) is 6.03. The van der Waals surface area contributed by atoms with E-state index >= 15 is 0 Å². The molecular weight excluding hydrogens is 700 g/mol. The number of rotatable bonds is 16. The summed E-state index contributed by atoms with van der Waals surface area (Å²) in [5.74, 6) is -1.65. The van der Waals surface area contributed by atoms with Crippen LogP contribution in [0.25, 0.3) is 0 Å². The summed E-state index contributed by atoms with van der Waals surface area (Å²) in [7, 11) is 3.69. The van der Waals surface area contributed by atoms with E-state index in [0.29, 0.717) is 24.5 Å². The molecule has 0 saturated carbocycles. The molecule has 0 fully saturated rings. The summed E-state index contributed by atoms with van der Waals surface area (Å²) >= 11 is 0. The molecule has 0 radical (unpaired) electrons. The van der Waals surface area contributed by atoms with Crippen LogP contribution in [0, 0.1) is 11.8 Å².